The van der Waals surface area contributed by atoms with Crippen LogP contribution in [0.5, 0.6) is 17.2 Å². The summed E-state index contributed by atoms with van der Waals surface area (Å²) in [4.78, 5) is 24.3. The number of carbonyl (C=O) groups is 1. The summed E-state index contributed by atoms with van der Waals surface area (Å²) in [5, 5.41) is 0.584. The Bertz CT molecular complexity index is 1240. The van der Waals surface area contributed by atoms with Crippen molar-refractivity contribution in [3.63, 3.8) is 0 Å². The molecule has 1 amide bonds. The quantitative estimate of drug-likeness (QED) is 0.332. The molecule has 0 fully saturated rings. The van der Waals surface area contributed by atoms with E-state index < -0.39 is 0 Å². The lowest BCUT2D eigenvalue weighted by atomic mass is 10.1. The lowest BCUT2D eigenvalue weighted by Gasteiger charge is -2.21. The van der Waals surface area contributed by atoms with E-state index in [1.54, 1.807) is 29.4 Å². The van der Waals surface area contributed by atoms with Crippen molar-refractivity contribution >= 4 is 48.5 Å². The average Bonchev–Trinajstić information content (AvgIpc) is 3.24. The van der Waals surface area contributed by atoms with Crippen LogP contribution in [0.1, 0.15) is 15.9 Å². The Hall–Kier alpha value is -3.17. The van der Waals surface area contributed by atoms with Crippen LogP contribution in [0, 0.1) is 0 Å². The Morgan fingerprint density at radius 3 is 2.44 bits per heavy atom. The van der Waals surface area contributed by atoms with Gasteiger partial charge in [0, 0.05) is 22.4 Å². The van der Waals surface area contributed by atoms with Crippen molar-refractivity contribution in [2.45, 2.75) is 6.54 Å². The number of hydrogen-bond acceptors (Lipinski definition) is 7. The number of benzene rings is 2. The maximum absolute atomic E-state index is 13.7. The number of rotatable bonds is 7. The highest BCUT2D eigenvalue weighted by Crippen LogP contribution is 2.39. The number of methoxy groups -OCH3 is 3. The molecule has 32 heavy (non-hydrogen) atoms. The fraction of sp³-hybridized carbons (Fsp3) is 0.174. The van der Waals surface area contributed by atoms with Gasteiger partial charge in [-0.1, -0.05) is 33.3 Å². The SMILES string of the molecule is COc1cc(C(=O)N(Cc2cccnc2)c2nc3ccc(Br)cc3s2)cc(OC)c1OC. The van der Waals surface area contributed by atoms with Gasteiger partial charge in [0.2, 0.25) is 5.75 Å². The monoisotopic (exact) mass is 513 g/mol. The van der Waals surface area contributed by atoms with Gasteiger partial charge in [-0.3, -0.25) is 14.7 Å². The van der Waals surface area contributed by atoms with Crippen molar-refractivity contribution in [1.29, 1.82) is 0 Å². The van der Waals surface area contributed by atoms with Crippen LogP contribution >= 0.6 is 27.3 Å². The van der Waals surface area contributed by atoms with Crippen molar-refractivity contribution in [3.8, 4) is 17.2 Å². The van der Waals surface area contributed by atoms with E-state index in [1.807, 2.05) is 30.3 Å². The Kier molecular flexibility index (Phi) is 6.57. The van der Waals surface area contributed by atoms with Crippen LogP contribution < -0.4 is 19.1 Å². The molecular formula is C23H20BrN3O4S. The normalized spacial score (nSPS) is 10.8. The summed E-state index contributed by atoms with van der Waals surface area (Å²) < 4.78 is 18.2. The van der Waals surface area contributed by atoms with E-state index in [4.69, 9.17) is 19.2 Å². The fourth-order valence-corrected chi connectivity index (χ4v) is 4.78. The Labute approximate surface area is 197 Å². The van der Waals surface area contributed by atoms with Gasteiger partial charge in [0.15, 0.2) is 16.6 Å². The van der Waals surface area contributed by atoms with Crippen molar-refractivity contribution in [1.82, 2.24) is 9.97 Å². The first kappa shape index (κ1) is 22.0. The fourth-order valence-electron chi connectivity index (χ4n) is 3.26. The maximum atomic E-state index is 13.7. The van der Waals surface area contributed by atoms with Gasteiger partial charge in [0.05, 0.1) is 38.1 Å². The summed E-state index contributed by atoms with van der Waals surface area (Å²) in [7, 11) is 4.56. The molecule has 7 nitrogen and oxygen atoms in total. The van der Waals surface area contributed by atoms with Gasteiger partial charge in [-0.2, -0.15) is 0 Å². The number of thiazole rings is 1. The number of halogens is 1. The molecule has 0 aliphatic carbocycles. The van der Waals surface area contributed by atoms with E-state index in [1.165, 1.54) is 32.7 Å². The number of fused-ring (bicyclic) bond motifs is 1. The van der Waals surface area contributed by atoms with Gasteiger partial charge in [0.1, 0.15) is 0 Å². The highest BCUT2D eigenvalue weighted by Gasteiger charge is 2.25. The Morgan fingerprint density at radius 2 is 1.81 bits per heavy atom. The molecule has 2 heterocycles. The molecule has 4 rings (SSSR count). The van der Waals surface area contributed by atoms with Crippen LogP contribution in [0.3, 0.4) is 0 Å². The average molecular weight is 514 g/mol. The number of nitrogens with zero attached hydrogens (tertiary/aromatic N) is 3. The molecule has 2 aromatic carbocycles. The number of aromatic nitrogens is 2. The second-order valence-electron chi connectivity index (χ2n) is 6.78. The molecule has 2 aromatic heterocycles. The van der Waals surface area contributed by atoms with Crippen LogP contribution in [0.4, 0.5) is 5.13 Å². The van der Waals surface area contributed by atoms with Crippen molar-refractivity contribution < 1.29 is 19.0 Å². The molecule has 0 saturated carbocycles. The maximum Gasteiger partial charge on any atom is 0.260 e. The van der Waals surface area contributed by atoms with Gasteiger partial charge in [0.25, 0.3) is 5.91 Å². The summed E-state index contributed by atoms with van der Waals surface area (Å²) in [5.41, 5.74) is 2.10. The predicted molar refractivity (Wildman–Crippen MR) is 128 cm³/mol. The summed E-state index contributed by atoms with van der Waals surface area (Å²) in [6.45, 7) is 0.310. The molecule has 4 aromatic rings. The smallest absolute Gasteiger partial charge is 0.260 e. The van der Waals surface area contributed by atoms with Crippen LogP contribution in [-0.2, 0) is 6.54 Å². The Morgan fingerprint density at radius 1 is 1.06 bits per heavy atom. The largest absolute Gasteiger partial charge is 0.493 e. The molecule has 0 spiro atoms. The summed E-state index contributed by atoms with van der Waals surface area (Å²) in [6, 6.07) is 12.9. The first-order valence-electron chi connectivity index (χ1n) is 9.61. The molecule has 0 saturated heterocycles. The van der Waals surface area contributed by atoms with E-state index in [-0.39, 0.29) is 5.91 Å². The van der Waals surface area contributed by atoms with Crippen molar-refractivity contribution in [2.24, 2.45) is 0 Å². The van der Waals surface area contributed by atoms with Crippen LogP contribution in [-0.4, -0.2) is 37.2 Å². The standard InChI is InChI=1S/C23H20BrN3O4S/c1-29-18-9-15(10-19(30-2)21(18)31-3)22(28)27(13-14-5-4-8-25-12-14)23-26-17-7-6-16(24)11-20(17)32-23/h4-12H,13H2,1-3H3. The third-order valence-electron chi connectivity index (χ3n) is 4.79. The van der Waals surface area contributed by atoms with Gasteiger partial charge >= 0.3 is 0 Å². The first-order chi connectivity index (χ1) is 15.5. The third kappa shape index (κ3) is 4.39. The number of hydrogen-bond donors (Lipinski definition) is 0. The van der Waals surface area contributed by atoms with E-state index in [0.29, 0.717) is 34.5 Å². The van der Waals surface area contributed by atoms with Crippen LogP contribution in [0.25, 0.3) is 10.2 Å². The molecule has 0 bridgehead atoms. The highest BCUT2D eigenvalue weighted by molar-refractivity contribution is 9.10. The van der Waals surface area contributed by atoms with Gasteiger partial charge in [-0.15, -0.1) is 0 Å². The van der Waals surface area contributed by atoms with E-state index in [9.17, 15) is 4.79 Å². The highest BCUT2D eigenvalue weighted by atomic mass is 79.9. The second-order valence-corrected chi connectivity index (χ2v) is 8.70. The first-order valence-corrected chi connectivity index (χ1v) is 11.2. The minimum Gasteiger partial charge on any atom is -0.493 e. The summed E-state index contributed by atoms with van der Waals surface area (Å²) >= 11 is 4.94. The zero-order valence-electron chi connectivity index (χ0n) is 17.7. The van der Waals surface area contributed by atoms with Crippen LogP contribution in [0.2, 0.25) is 0 Å². The molecular weight excluding hydrogens is 494 g/mol. The number of pyridine rings is 1. The minimum atomic E-state index is -0.244. The number of anilines is 1. The number of carbonyl (C=O) groups excluding carboxylic acids is 1. The molecule has 164 valence electrons. The minimum absolute atomic E-state index is 0.244. The zero-order chi connectivity index (χ0) is 22.7. The predicted octanol–water partition coefficient (Wildman–Crippen LogP) is 5.33. The van der Waals surface area contributed by atoms with E-state index in [2.05, 4.69) is 20.9 Å². The molecule has 0 radical (unpaired) electrons. The molecule has 9 heteroatoms. The third-order valence-corrected chi connectivity index (χ3v) is 6.32. The molecule has 0 aliphatic heterocycles. The van der Waals surface area contributed by atoms with Gasteiger partial charge in [-0.05, 0) is 42.0 Å². The second kappa shape index (κ2) is 9.54. The summed E-state index contributed by atoms with van der Waals surface area (Å²) in [6.07, 6.45) is 3.43. The van der Waals surface area contributed by atoms with E-state index in [0.717, 1.165) is 20.3 Å². The topological polar surface area (TPSA) is 73.8 Å². The molecule has 0 N–H and O–H groups in total. The Balaban J connectivity index is 1.81. The summed E-state index contributed by atoms with van der Waals surface area (Å²) in [5.74, 6) is 0.996. The van der Waals surface area contributed by atoms with E-state index >= 15 is 0 Å². The van der Waals surface area contributed by atoms with Gasteiger partial charge in [-0.25, -0.2) is 4.98 Å². The number of amides is 1. The lowest BCUT2D eigenvalue weighted by Crippen LogP contribution is -2.30. The van der Waals surface area contributed by atoms with Crippen molar-refractivity contribution in [3.05, 3.63) is 70.5 Å². The molecule has 0 unspecified atom stereocenters. The van der Waals surface area contributed by atoms with Gasteiger partial charge < -0.3 is 14.2 Å². The van der Waals surface area contributed by atoms with Crippen molar-refractivity contribution in [2.75, 3.05) is 26.2 Å². The molecule has 0 aliphatic rings. The lowest BCUT2D eigenvalue weighted by molar-refractivity contribution is 0.0984. The van der Waals surface area contributed by atoms with Crippen LogP contribution in [0.15, 0.2) is 59.3 Å². The molecule has 0 atom stereocenters. The zero-order valence-corrected chi connectivity index (χ0v) is 20.1. The number of ether oxygens (including phenoxy) is 3.